The first-order valence-electron chi connectivity index (χ1n) is 10.5. The highest BCUT2D eigenvalue weighted by Crippen LogP contribution is 2.29. The van der Waals surface area contributed by atoms with E-state index in [0.29, 0.717) is 19.0 Å². The number of para-hydroxylation sites is 1. The molecule has 2 aromatic carbocycles. The second-order valence-corrected chi connectivity index (χ2v) is 7.82. The normalized spacial score (nSPS) is 15.6. The van der Waals surface area contributed by atoms with Crippen LogP contribution in [0.5, 0.6) is 5.75 Å². The number of ether oxygens (including phenoxy) is 1. The quantitative estimate of drug-likeness (QED) is 0.626. The Morgan fingerprint density at radius 1 is 1.03 bits per heavy atom. The van der Waals surface area contributed by atoms with Crippen molar-refractivity contribution in [2.24, 2.45) is 0 Å². The van der Waals surface area contributed by atoms with Crippen molar-refractivity contribution < 1.29 is 9.53 Å². The average Bonchev–Trinajstić information content (AvgIpc) is 2.80. The number of rotatable bonds is 5. The van der Waals surface area contributed by atoms with Crippen LogP contribution in [-0.4, -0.2) is 40.0 Å². The number of piperidine rings is 1. The van der Waals surface area contributed by atoms with Gasteiger partial charge in [-0.2, -0.15) is 0 Å². The van der Waals surface area contributed by atoms with E-state index in [-0.39, 0.29) is 5.91 Å². The molecule has 5 nitrogen and oxygen atoms in total. The first kappa shape index (κ1) is 20.1. The SMILES string of the molecule is Cc1ccccc1-c1cncc(C2CCN(C(=O)C(C)Oc3ccccc3)CC2)n1. The van der Waals surface area contributed by atoms with Gasteiger partial charge in [-0.25, -0.2) is 4.98 Å². The smallest absolute Gasteiger partial charge is 0.263 e. The largest absolute Gasteiger partial charge is 0.481 e. The summed E-state index contributed by atoms with van der Waals surface area (Å²) in [6.07, 6.45) is 4.97. The number of amides is 1. The van der Waals surface area contributed by atoms with Gasteiger partial charge in [-0.05, 0) is 44.4 Å². The van der Waals surface area contributed by atoms with Gasteiger partial charge in [-0.3, -0.25) is 9.78 Å². The predicted molar refractivity (Wildman–Crippen MR) is 117 cm³/mol. The van der Waals surface area contributed by atoms with Gasteiger partial charge in [0.05, 0.1) is 17.6 Å². The summed E-state index contributed by atoms with van der Waals surface area (Å²) in [5.41, 5.74) is 4.23. The molecule has 154 valence electrons. The van der Waals surface area contributed by atoms with E-state index in [4.69, 9.17) is 9.72 Å². The Bertz CT molecular complexity index is 998. The van der Waals surface area contributed by atoms with Crippen molar-refractivity contribution in [3.63, 3.8) is 0 Å². The lowest BCUT2D eigenvalue weighted by molar-refractivity contribution is -0.139. The lowest BCUT2D eigenvalue weighted by Gasteiger charge is -2.33. The highest BCUT2D eigenvalue weighted by Gasteiger charge is 2.28. The molecule has 30 heavy (non-hydrogen) atoms. The Hall–Kier alpha value is -3.21. The van der Waals surface area contributed by atoms with Gasteiger partial charge in [-0.1, -0.05) is 42.5 Å². The average molecular weight is 402 g/mol. The molecule has 1 atom stereocenters. The van der Waals surface area contributed by atoms with E-state index in [9.17, 15) is 4.79 Å². The Balaban J connectivity index is 1.38. The van der Waals surface area contributed by atoms with Crippen molar-refractivity contribution in [1.82, 2.24) is 14.9 Å². The van der Waals surface area contributed by atoms with E-state index in [0.717, 1.165) is 35.5 Å². The molecule has 5 heteroatoms. The lowest BCUT2D eigenvalue weighted by Crippen LogP contribution is -2.44. The molecule has 3 aromatic rings. The van der Waals surface area contributed by atoms with Gasteiger partial charge in [0.25, 0.3) is 5.91 Å². The van der Waals surface area contributed by atoms with E-state index in [1.807, 2.05) is 66.7 Å². The summed E-state index contributed by atoms with van der Waals surface area (Å²) < 4.78 is 5.80. The summed E-state index contributed by atoms with van der Waals surface area (Å²) in [4.78, 5) is 24.0. The summed E-state index contributed by atoms with van der Waals surface area (Å²) in [6, 6.07) is 17.7. The van der Waals surface area contributed by atoms with Crippen LogP contribution in [0.15, 0.2) is 67.0 Å². The maximum Gasteiger partial charge on any atom is 0.263 e. The molecular formula is C25H27N3O2. The molecule has 0 radical (unpaired) electrons. The molecule has 1 aromatic heterocycles. The van der Waals surface area contributed by atoms with Gasteiger partial charge in [0.15, 0.2) is 6.10 Å². The minimum atomic E-state index is -0.492. The molecular weight excluding hydrogens is 374 g/mol. The number of carbonyl (C=O) groups excluding carboxylic acids is 1. The number of nitrogens with zero attached hydrogens (tertiary/aromatic N) is 3. The fraction of sp³-hybridized carbons (Fsp3) is 0.320. The predicted octanol–water partition coefficient (Wildman–Crippen LogP) is 4.63. The van der Waals surface area contributed by atoms with Crippen LogP contribution in [-0.2, 0) is 4.79 Å². The number of hydrogen-bond donors (Lipinski definition) is 0. The molecule has 1 amide bonds. The van der Waals surface area contributed by atoms with Crippen molar-refractivity contribution >= 4 is 5.91 Å². The molecule has 1 aliphatic rings. The molecule has 1 fully saturated rings. The lowest BCUT2D eigenvalue weighted by atomic mass is 9.93. The number of carbonyl (C=O) groups is 1. The molecule has 4 rings (SSSR count). The van der Waals surface area contributed by atoms with Crippen LogP contribution in [0.4, 0.5) is 0 Å². The van der Waals surface area contributed by atoms with E-state index in [1.54, 1.807) is 0 Å². The summed E-state index contributed by atoms with van der Waals surface area (Å²) in [6.45, 7) is 5.33. The second kappa shape index (κ2) is 9.08. The van der Waals surface area contributed by atoms with Gasteiger partial charge in [0, 0.05) is 30.8 Å². The first-order chi connectivity index (χ1) is 14.6. The first-order valence-corrected chi connectivity index (χ1v) is 10.5. The van der Waals surface area contributed by atoms with Crippen LogP contribution in [0.3, 0.4) is 0 Å². The zero-order chi connectivity index (χ0) is 20.9. The summed E-state index contributed by atoms with van der Waals surface area (Å²) >= 11 is 0. The minimum Gasteiger partial charge on any atom is -0.481 e. The fourth-order valence-electron chi connectivity index (χ4n) is 3.97. The van der Waals surface area contributed by atoms with Crippen molar-refractivity contribution in [2.75, 3.05) is 13.1 Å². The Labute approximate surface area is 177 Å². The van der Waals surface area contributed by atoms with Crippen molar-refractivity contribution in [1.29, 1.82) is 0 Å². The number of benzene rings is 2. The van der Waals surface area contributed by atoms with Crippen LogP contribution in [0.1, 0.15) is 36.9 Å². The summed E-state index contributed by atoms with van der Waals surface area (Å²) in [7, 11) is 0. The topological polar surface area (TPSA) is 55.3 Å². The second-order valence-electron chi connectivity index (χ2n) is 7.82. The van der Waals surface area contributed by atoms with Crippen molar-refractivity contribution in [3.05, 3.63) is 78.2 Å². The maximum absolute atomic E-state index is 12.8. The van der Waals surface area contributed by atoms with Gasteiger partial charge in [0.1, 0.15) is 5.75 Å². The maximum atomic E-state index is 12.8. The molecule has 0 spiro atoms. The third-order valence-corrected chi connectivity index (χ3v) is 5.70. The van der Waals surface area contributed by atoms with Gasteiger partial charge >= 0.3 is 0 Å². The zero-order valence-corrected chi connectivity index (χ0v) is 17.5. The van der Waals surface area contributed by atoms with Gasteiger partial charge in [-0.15, -0.1) is 0 Å². The minimum absolute atomic E-state index is 0.0389. The summed E-state index contributed by atoms with van der Waals surface area (Å²) in [5, 5.41) is 0. The van der Waals surface area contributed by atoms with E-state index in [1.165, 1.54) is 5.56 Å². The molecule has 0 bridgehead atoms. The van der Waals surface area contributed by atoms with Crippen LogP contribution >= 0.6 is 0 Å². The van der Waals surface area contributed by atoms with E-state index < -0.39 is 6.10 Å². The van der Waals surface area contributed by atoms with Crippen LogP contribution in [0.25, 0.3) is 11.3 Å². The number of aromatic nitrogens is 2. The molecule has 0 saturated carbocycles. The Kier molecular flexibility index (Phi) is 6.07. The Morgan fingerprint density at radius 3 is 2.47 bits per heavy atom. The monoisotopic (exact) mass is 401 g/mol. The van der Waals surface area contributed by atoms with Crippen molar-refractivity contribution in [2.45, 2.75) is 38.7 Å². The van der Waals surface area contributed by atoms with Crippen LogP contribution < -0.4 is 4.74 Å². The third kappa shape index (κ3) is 4.51. The third-order valence-electron chi connectivity index (χ3n) is 5.70. The highest BCUT2D eigenvalue weighted by molar-refractivity contribution is 5.81. The van der Waals surface area contributed by atoms with E-state index >= 15 is 0 Å². The standard InChI is InChI=1S/C25H27N3O2/c1-18-8-6-7-11-22(18)24-17-26-16-23(27-24)20-12-14-28(15-13-20)25(29)19(2)30-21-9-4-3-5-10-21/h3-11,16-17,19-20H,12-15H2,1-2H3. The number of likely N-dealkylation sites (tertiary alicyclic amines) is 1. The number of hydrogen-bond acceptors (Lipinski definition) is 4. The number of aryl methyl sites for hydroxylation is 1. The summed E-state index contributed by atoms with van der Waals surface area (Å²) in [5.74, 6) is 1.07. The Morgan fingerprint density at radius 2 is 1.73 bits per heavy atom. The molecule has 0 N–H and O–H groups in total. The molecule has 1 saturated heterocycles. The van der Waals surface area contributed by atoms with E-state index in [2.05, 4.69) is 24.0 Å². The molecule has 2 heterocycles. The van der Waals surface area contributed by atoms with Gasteiger partial charge < -0.3 is 9.64 Å². The zero-order valence-electron chi connectivity index (χ0n) is 17.5. The van der Waals surface area contributed by atoms with Crippen LogP contribution in [0, 0.1) is 6.92 Å². The highest BCUT2D eigenvalue weighted by atomic mass is 16.5. The van der Waals surface area contributed by atoms with Crippen LogP contribution in [0.2, 0.25) is 0 Å². The van der Waals surface area contributed by atoms with Crippen molar-refractivity contribution in [3.8, 4) is 17.0 Å². The molecule has 1 unspecified atom stereocenters. The van der Waals surface area contributed by atoms with Gasteiger partial charge in [0.2, 0.25) is 0 Å². The molecule has 1 aliphatic heterocycles. The fourth-order valence-corrected chi connectivity index (χ4v) is 3.97. The molecule has 0 aliphatic carbocycles.